The van der Waals surface area contributed by atoms with Crippen LogP contribution in [0.2, 0.25) is 0 Å². The lowest BCUT2D eigenvalue weighted by molar-refractivity contribution is 0.101. The number of nitrogens with zero attached hydrogens (tertiary/aromatic N) is 4. The summed E-state index contributed by atoms with van der Waals surface area (Å²) in [6.45, 7) is 1.39. The second-order valence-corrected chi connectivity index (χ2v) is 5.07. The summed E-state index contributed by atoms with van der Waals surface area (Å²) in [4.78, 5) is 15.5. The molecule has 0 spiro atoms. The molecular formula is C14H10N4O2S. The molecule has 1 N–H and O–H groups in total. The van der Waals surface area contributed by atoms with Gasteiger partial charge in [-0.1, -0.05) is 0 Å². The molecule has 0 saturated carbocycles. The minimum absolute atomic E-state index is 0.0612. The summed E-state index contributed by atoms with van der Waals surface area (Å²) < 4.78 is 4.17. The average Bonchev–Trinajstić information content (AvgIpc) is 2.89. The molecule has 0 atom stereocenters. The van der Waals surface area contributed by atoms with Crippen LogP contribution in [0.4, 0.5) is 10.7 Å². The molecule has 3 rings (SSSR count). The van der Waals surface area contributed by atoms with Gasteiger partial charge in [-0.2, -0.15) is 4.37 Å². The van der Waals surface area contributed by atoms with E-state index < -0.39 is 0 Å². The number of ketones is 1. The zero-order valence-corrected chi connectivity index (χ0v) is 11.8. The summed E-state index contributed by atoms with van der Waals surface area (Å²) in [6.07, 6.45) is 1.67. The number of azo groups is 1. The van der Waals surface area contributed by atoms with E-state index in [4.69, 9.17) is 0 Å². The normalized spacial score (nSPS) is 11.3. The van der Waals surface area contributed by atoms with Crippen LogP contribution in [-0.2, 0) is 0 Å². The van der Waals surface area contributed by atoms with Crippen LogP contribution in [0.3, 0.4) is 0 Å². The first kappa shape index (κ1) is 13.3. The fourth-order valence-corrected chi connectivity index (χ4v) is 2.47. The van der Waals surface area contributed by atoms with Crippen molar-refractivity contribution in [2.24, 2.45) is 10.2 Å². The van der Waals surface area contributed by atoms with E-state index in [2.05, 4.69) is 19.6 Å². The maximum Gasteiger partial charge on any atom is 0.175 e. The standard InChI is InChI=1S/C14H10N4O2S/c1-8(19)11-7-9(4-5-12(11)20)16-17-14-10-3-2-6-15-13(10)18-21-14/h2-7,20H,1H3/b17-16+. The van der Waals surface area contributed by atoms with Crippen LogP contribution in [0.5, 0.6) is 5.75 Å². The fraction of sp³-hybridized carbons (Fsp3) is 0.0714. The largest absolute Gasteiger partial charge is 0.507 e. The first-order valence-electron chi connectivity index (χ1n) is 6.11. The third-order valence-electron chi connectivity index (χ3n) is 2.85. The van der Waals surface area contributed by atoms with Gasteiger partial charge in [0.25, 0.3) is 0 Å². The highest BCUT2D eigenvalue weighted by Crippen LogP contribution is 2.31. The van der Waals surface area contributed by atoms with Crippen molar-refractivity contribution in [3.8, 4) is 5.75 Å². The van der Waals surface area contributed by atoms with Crippen molar-refractivity contribution < 1.29 is 9.90 Å². The number of benzene rings is 1. The van der Waals surface area contributed by atoms with Crippen LogP contribution in [0.15, 0.2) is 46.8 Å². The fourth-order valence-electron chi connectivity index (χ4n) is 1.82. The van der Waals surface area contributed by atoms with Gasteiger partial charge in [0, 0.05) is 6.20 Å². The molecule has 104 valence electrons. The number of rotatable bonds is 3. The number of carbonyl (C=O) groups excluding carboxylic acids is 1. The van der Waals surface area contributed by atoms with Crippen molar-refractivity contribution in [2.45, 2.75) is 6.92 Å². The smallest absolute Gasteiger partial charge is 0.175 e. The Hall–Kier alpha value is -2.67. The number of aromatic nitrogens is 2. The van der Waals surface area contributed by atoms with Crippen LogP contribution in [-0.4, -0.2) is 20.2 Å². The monoisotopic (exact) mass is 298 g/mol. The zero-order chi connectivity index (χ0) is 14.8. The van der Waals surface area contributed by atoms with Gasteiger partial charge in [-0.05, 0) is 48.8 Å². The molecule has 0 saturated heterocycles. The molecule has 3 aromatic rings. The van der Waals surface area contributed by atoms with Crippen LogP contribution in [0.25, 0.3) is 11.0 Å². The van der Waals surface area contributed by atoms with Crippen LogP contribution >= 0.6 is 11.5 Å². The van der Waals surface area contributed by atoms with Gasteiger partial charge in [-0.3, -0.25) is 4.79 Å². The number of aromatic hydroxyl groups is 1. The Labute approximate surface area is 124 Å². The molecule has 21 heavy (non-hydrogen) atoms. The van der Waals surface area contributed by atoms with Crippen molar-refractivity contribution in [3.63, 3.8) is 0 Å². The molecule has 0 fully saturated rings. The third kappa shape index (κ3) is 2.63. The maximum absolute atomic E-state index is 11.4. The summed E-state index contributed by atoms with van der Waals surface area (Å²) in [5.74, 6) is -0.286. The molecule has 0 aliphatic rings. The van der Waals surface area contributed by atoms with Gasteiger partial charge in [-0.15, -0.1) is 10.2 Å². The van der Waals surface area contributed by atoms with Gasteiger partial charge in [-0.25, -0.2) is 4.98 Å². The zero-order valence-electron chi connectivity index (χ0n) is 11.0. The van der Waals surface area contributed by atoms with E-state index in [1.807, 2.05) is 12.1 Å². The molecule has 6 nitrogen and oxygen atoms in total. The van der Waals surface area contributed by atoms with Crippen molar-refractivity contribution in [3.05, 3.63) is 42.1 Å². The van der Waals surface area contributed by atoms with Crippen molar-refractivity contribution >= 4 is 39.0 Å². The number of fused-ring (bicyclic) bond motifs is 1. The summed E-state index contributed by atoms with van der Waals surface area (Å²) in [7, 11) is 0. The van der Waals surface area contributed by atoms with Gasteiger partial charge in [0.15, 0.2) is 16.4 Å². The Morgan fingerprint density at radius 3 is 2.95 bits per heavy atom. The maximum atomic E-state index is 11.4. The SMILES string of the molecule is CC(=O)c1cc(/N=N/c2snc3ncccc23)ccc1O. The Morgan fingerprint density at radius 2 is 2.14 bits per heavy atom. The molecule has 2 aromatic heterocycles. The molecule has 0 unspecified atom stereocenters. The molecule has 7 heteroatoms. The predicted molar refractivity (Wildman–Crippen MR) is 79.7 cm³/mol. The number of carbonyl (C=O) groups is 1. The molecule has 2 heterocycles. The average molecular weight is 298 g/mol. The summed E-state index contributed by atoms with van der Waals surface area (Å²) in [5, 5.41) is 19.3. The Kier molecular flexibility index (Phi) is 3.41. The van der Waals surface area contributed by atoms with E-state index in [0.29, 0.717) is 16.3 Å². The third-order valence-corrected chi connectivity index (χ3v) is 3.59. The number of phenolic OH excluding ortho intramolecular Hbond substituents is 1. The number of hydrogen-bond acceptors (Lipinski definition) is 7. The lowest BCUT2D eigenvalue weighted by atomic mass is 10.1. The van der Waals surface area contributed by atoms with Gasteiger partial charge >= 0.3 is 0 Å². The van der Waals surface area contributed by atoms with E-state index in [1.54, 1.807) is 12.3 Å². The molecule has 0 bridgehead atoms. The molecule has 0 aliphatic heterocycles. The van der Waals surface area contributed by atoms with E-state index in [1.165, 1.54) is 30.6 Å². The van der Waals surface area contributed by atoms with Gasteiger partial charge in [0.1, 0.15) is 5.75 Å². The Balaban J connectivity index is 1.96. The van der Waals surface area contributed by atoms with Crippen LogP contribution in [0.1, 0.15) is 17.3 Å². The summed E-state index contributed by atoms with van der Waals surface area (Å²) in [6, 6.07) is 8.20. The Bertz CT molecular complexity index is 857. The molecule has 0 amide bonds. The number of pyridine rings is 1. The minimum Gasteiger partial charge on any atom is -0.507 e. The highest BCUT2D eigenvalue weighted by molar-refractivity contribution is 7.11. The first-order chi connectivity index (χ1) is 10.1. The lowest BCUT2D eigenvalue weighted by Crippen LogP contribution is -1.91. The molecule has 1 aromatic carbocycles. The van der Waals surface area contributed by atoms with E-state index >= 15 is 0 Å². The number of phenols is 1. The van der Waals surface area contributed by atoms with E-state index in [-0.39, 0.29) is 17.1 Å². The van der Waals surface area contributed by atoms with Gasteiger partial charge < -0.3 is 5.11 Å². The number of Topliss-reactive ketones (excluding diaryl/α,β-unsaturated/α-hetero) is 1. The Morgan fingerprint density at radius 1 is 1.29 bits per heavy atom. The summed E-state index contributed by atoms with van der Waals surface area (Å²) >= 11 is 1.21. The van der Waals surface area contributed by atoms with Crippen molar-refractivity contribution in [1.29, 1.82) is 0 Å². The van der Waals surface area contributed by atoms with Crippen LogP contribution in [0, 0.1) is 0 Å². The molecular weight excluding hydrogens is 288 g/mol. The van der Waals surface area contributed by atoms with Crippen molar-refractivity contribution in [1.82, 2.24) is 9.36 Å². The van der Waals surface area contributed by atoms with Gasteiger partial charge in [0.05, 0.1) is 16.6 Å². The topological polar surface area (TPSA) is 87.8 Å². The molecule has 0 radical (unpaired) electrons. The van der Waals surface area contributed by atoms with Crippen molar-refractivity contribution in [2.75, 3.05) is 0 Å². The highest BCUT2D eigenvalue weighted by Gasteiger charge is 2.08. The second-order valence-electron chi connectivity index (χ2n) is 4.32. The van der Waals surface area contributed by atoms with Gasteiger partial charge in [0.2, 0.25) is 0 Å². The quantitative estimate of drug-likeness (QED) is 0.584. The molecule has 0 aliphatic carbocycles. The van der Waals surface area contributed by atoms with Crippen LogP contribution < -0.4 is 0 Å². The van der Waals surface area contributed by atoms with E-state index in [0.717, 1.165) is 5.39 Å². The first-order valence-corrected chi connectivity index (χ1v) is 6.88. The lowest BCUT2D eigenvalue weighted by Gasteiger charge is -2.00. The second kappa shape index (κ2) is 5.37. The number of hydrogen-bond donors (Lipinski definition) is 1. The minimum atomic E-state index is -0.225. The predicted octanol–water partition coefficient (Wildman–Crippen LogP) is 4.01. The highest BCUT2D eigenvalue weighted by atomic mass is 32.1. The summed E-state index contributed by atoms with van der Waals surface area (Å²) in [5.41, 5.74) is 1.34. The van der Waals surface area contributed by atoms with E-state index in [9.17, 15) is 9.90 Å².